The Kier molecular flexibility index (Phi) is 6.52. The Balaban J connectivity index is 4.08. The largest absolute Gasteiger partial charge is 0.466 e. The Labute approximate surface area is 91.3 Å². The van der Waals surface area contributed by atoms with Crippen LogP contribution in [0.15, 0.2) is 0 Å². The van der Waals surface area contributed by atoms with Crippen LogP contribution in [0.25, 0.3) is 0 Å². The van der Waals surface area contributed by atoms with Gasteiger partial charge in [0.1, 0.15) is 0 Å². The maximum absolute atomic E-state index is 11.3. The molecule has 0 bridgehead atoms. The first kappa shape index (κ1) is 14.4. The number of hydrogen-bond acceptors (Lipinski definition) is 4. The van der Waals surface area contributed by atoms with Gasteiger partial charge < -0.3 is 14.9 Å². The van der Waals surface area contributed by atoms with Crippen LogP contribution in [-0.2, 0) is 9.53 Å². The average molecular weight is 218 g/mol. The first-order valence-corrected chi connectivity index (χ1v) is 5.42. The van der Waals surface area contributed by atoms with Crippen LogP contribution >= 0.6 is 0 Å². The zero-order chi connectivity index (χ0) is 12.0. The molecule has 0 fully saturated rings. The molecule has 0 saturated carbocycles. The van der Waals surface area contributed by atoms with Gasteiger partial charge in [0.2, 0.25) is 0 Å². The van der Waals surface area contributed by atoms with E-state index in [4.69, 9.17) is 4.74 Å². The fourth-order valence-corrected chi connectivity index (χ4v) is 1.15. The van der Waals surface area contributed by atoms with Crippen molar-refractivity contribution in [2.75, 3.05) is 6.61 Å². The molecule has 0 aliphatic rings. The van der Waals surface area contributed by atoms with Gasteiger partial charge in [-0.25, -0.2) is 0 Å². The summed E-state index contributed by atoms with van der Waals surface area (Å²) in [5.41, 5.74) is 0. The van der Waals surface area contributed by atoms with Crippen molar-refractivity contribution in [1.29, 1.82) is 0 Å². The van der Waals surface area contributed by atoms with Crippen molar-refractivity contribution in [1.82, 2.24) is 0 Å². The molecule has 0 radical (unpaired) electrons. The molecule has 0 unspecified atom stereocenters. The minimum Gasteiger partial charge on any atom is -0.466 e. The molecule has 0 aliphatic heterocycles. The summed E-state index contributed by atoms with van der Waals surface area (Å²) < 4.78 is 4.79. The Hall–Kier alpha value is -0.610. The van der Waals surface area contributed by atoms with Crippen LogP contribution in [0, 0.1) is 11.8 Å². The summed E-state index contributed by atoms with van der Waals surface area (Å²) in [6.45, 7) is 7.37. The highest BCUT2D eigenvalue weighted by Gasteiger charge is 2.26. The number of aliphatic hydroxyl groups excluding tert-OH is 2. The normalized spacial score (nSPS) is 17.3. The second kappa shape index (κ2) is 6.80. The maximum atomic E-state index is 11.3. The van der Waals surface area contributed by atoms with Gasteiger partial charge >= 0.3 is 5.97 Å². The molecular weight excluding hydrogens is 196 g/mol. The topological polar surface area (TPSA) is 66.8 Å². The summed E-state index contributed by atoms with van der Waals surface area (Å²) in [5, 5.41) is 19.2. The van der Waals surface area contributed by atoms with Crippen LogP contribution in [0.3, 0.4) is 0 Å². The van der Waals surface area contributed by atoms with Crippen molar-refractivity contribution in [3.05, 3.63) is 0 Å². The molecule has 0 rings (SSSR count). The monoisotopic (exact) mass is 218 g/mol. The van der Waals surface area contributed by atoms with Gasteiger partial charge in [-0.3, -0.25) is 4.79 Å². The van der Waals surface area contributed by atoms with Crippen molar-refractivity contribution in [2.24, 2.45) is 11.8 Å². The van der Waals surface area contributed by atoms with E-state index < -0.39 is 24.1 Å². The minimum absolute atomic E-state index is 0.0778. The highest BCUT2D eigenvalue weighted by Crippen LogP contribution is 2.15. The van der Waals surface area contributed by atoms with Gasteiger partial charge in [0.05, 0.1) is 24.7 Å². The standard InChI is InChI=1S/C11H22O4/c1-5-15-11(14)8(4)10(13)6-9(12)7(2)3/h7-10,12-13H,5-6H2,1-4H3/t8-,9+,10-/m1/s1. The molecule has 2 N–H and O–H groups in total. The summed E-state index contributed by atoms with van der Waals surface area (Å²) in [5.74, 6) is -0.923. The van der Waals surface area contributed by atoms with Crippen LogP contribution < -0.4 is 0 Å². The predicted octanol–water partition coefficient (Wildman–Crippen LogP) is 0.953. The van der Waals surface area contributed by atoms with E-state index in [0.717, 1.165) is 0 Å². The Bertz CT molecular complexity index is 191. The fourth-order valence-electron chi connectivity index (χ4n) is 1.15. The van der Waals surface area contributed by atoms with Crippen molar-refractivity contribution in [2.45, 2.75) is 46.3 Å². The first-order chi connectivity index (χ1) is 6.90. The molecule has 0 aromatic carbocycles. The lowest BCUT2D eigenvalue weighted by Gasteiger charge is -2.22. The second-order valence-electron chi connectivity index (χ2n) is 4.16. The van der Waals surface area contributed by atoms with Gasteiger partial charge in [-0.15, -0.1) is 0 Å². The van der Waals surface area contributed by atoms with E-state index in [9.17, 15) is 15.0 Å². The fraction of sp³-hybridized carbons (Fsp3) is 0.909. The van der Waals surface area contributed by atoms with Gasteiger partial charge in [0, 0.05) is 6.42 Å². The van der Waals surface area contributed by atoms with Crippen molar-refractivity contribution >= 4 is 5.97 Å². The van der Waals surface area contributed by atoms with Crippen LogP contribution in [0.1, 0.15) is 34.1 Å². The molecule has 15 heavy (non-hydrogen) atoms. The minimum atomic E-state index is -0.846. The number of ether oxygens (including phenoxy) is 1. The average Bonchev–Trinajstić information content (AvgIpc) is 2.16. The zero-order valence-corrected chi connectivity index (χ0v) is 9.93. The molecule has 0 aliphatic carbocycles. The lowest BCUT2D eigenvalue weighted by atomic mass is 9.94. The molecule has 0 heterocycles. The van der Waals surface area contributed by atoms with Gasteiger partial charge in [-0.2, -0.15) is 0 Å². The summed E-state index contributed by atoms with van der Waals surface area (Å²) in [4.78, 5) is 11.3. The Morgan fingerprint density at radius 3 is 2.13 bits per heavy atom. The van der Waals surface area contributed by atoms with Crippen LogP contribution in [0.4, 0.5) is 0 Å². The van der Waals surface area contributed by atoms with Crippen LogP contribution in [0.2, 0.25) is 0 Å². The number of esters is 1. The molecular formula is C11H22O4. The molecule has 0 saturated heterocycles. The van der Waals surface area contributed by atoms with Gasteiger partial charge in [0.15, 0.2) is 0 Å². The summed E-state index contributed by atoms with van der Waals surface area (Å²) in [6, 6.07) is 0. The van der Waals surface area contributed by atoms with E-state index in [2.05, 4.69) is 0 Å². The summed E-state index contributed by atoms with van der Waals surface area (Å²) in [7, 11) is 0. The highest BCUT2D eigenvalue weighted by atomic mass is 16.5. The molecule has 4 heteroatoms. The number of hydrogen-bond donors (Lipinski definition) is 2. The van der Waals surface area contributed by atoms with E-state index in [1.807, 2.05) is 13.8 Å². The van der Waals surface area contributed by atoms with Gasteiger partial charge in [-0.1, -0.05) is 13.8 Å². The van der Waals surface area contributed by atoms with Gasteiger partial charge in [0.25, 0.3) is 0 Å². The Morgan fingerprint density at radius 2 is 1.73 bits per heavy atom. The third kappa shape index (κ3) is 5.14. The molecule has 0 amide bonds. The Morgan fingerprint density at radius 1 is 1.20 bits per heavy atom. The van der Waals surface area contributed by atoms with Crippen molar-refractivity contribution < 1.29 is 19.7 Å². The lowest BCUT2D eigenvalue weighted by Crippen LogP contribution is -2.32. The third-order valence-electron chi connectivity index (χ3n) is 2.49. The van der Waals surface area contributed by atoms with Crippen LogP contribution in [0.5, 0.6) is 0 Å². The zero-order valence-electron chi connectivity index (χ0n) is 9.93. The number of carbonyl (C=O) groups is 1. The smallest absolute Gasteiger partial charge is 0.311 e. The summed E-state index contributed by atoms with van der Waals surface area (Å²) >= 11 is 0. The number of carbonyl (C=O) groups excluding carboxylic acids is 1. The van der Waals surface area contributed by atoms with E-state index in [0.29, 0.717) is 6.61 Å². The molecule has 0 aromatic heterocycles. The molecule has 3 atom stereocenters. The molecule has 4 nitrogen and oxygen atoms in total. The van der Waals surface area contributed by atoms with Crippen molar-refractivity contribution in [3.8, 4) is 0 Å². The second-order valence-corrected chi connectivity index (χ2v) is 4.16. The third-order valence-corrected chi connectivity index (χ3v) is 2.49. The first-order valence-electron chi connectivity index (χ1n) is 5.42. The predicted molar refractivity (Wildman–Crippen MR) is 57.3 cm³/mol. The van der Waals surface area contributed by atoms with Crippen LogP contribution in [-0.4, -0.2) is 35.0 Å². The molecule has 90 valence electrons. The maximum Gasteiger partial charge on any atom is 0.311 e. The molecule has 0 aromatic rings. The van der Waals surface area contributed by atoms with E-state index in [1.54, 1.807) is 13.8 Å². The SMILES string of the molecule is CCOC(=O)[C@H](C)[C@H](O)C[C@H](O)C(C)C. The highest BCUT2D eigenvalue weighted by molar-refractivity contribution is 5.72. The van der Waals surface area contributed by atoms with E-state index >= 15 is 0 Å². The lowest BCUT2D eigenvalue weighted by molar-refractivity contribution is -0.151. The van der Waals surface area contributed by atoms with E-state index in [-0.39, 0.29) is 12.3 Å². The number of aliphatic hydroxyl groups is 2. The quantitative estimate of drug-likeness (QED) is 0.651. The number of rotatable bonds is 6. The van der Waals surface area contributed by atoms with Gasteiger partial charge in [-0.05, 0) is 19.8 Å². The van der Waals surface area contributed by atoms with Crippen molar-refractivity contribution in [3.63, 3.8) is 0 Å². The summed E-state index contributed by atoms with van der Waals surface area (Å²) in [6.07, 6.45) is -1.23. The molecule has 0 spiro atoms. The van der Waals surface area contributed by atoms with E-state index in [1.165, 1.54) is 0 Å².